The highest BCUT2D eigenvalue weighted by atomic mass is 35.5. The summed E-state index contributed by atoms with van der Waals surface area (Å²) in [5.41, 5.74) is 1.26. The molecule has 2 aromatic heterocycles. The quantitative estimate of drug-likeness (QED) is 0.552. The van der Waals surface area contributed by atoms with Gasteiger partial charge < -0.3 is 9.80 Å². The van der Waals surface area contributed by atoms with Crippen LogP contribution in [0.5, 0.6) is 0 Å². The maximum atomic E-state index is 13.5. The molecule has 7 heteroatoms. The van der Waals surface area contributed by atoms with Gasteiger partial charge in [0.1, 0.15) is 0 Å². The van der Waals surface area contributed by atoms with E-state index in [1.54, 1.807) is 18.3 Å². The number of aromatic nitrogens is 1. The number of carbonyl (C=O) groups excluding carboxylic acids is 2. The van der Waals surface area contributed by atoms with Crippen LogP contribution < -0.4 is 4.90 Å². The first-order valence-corrected chi connectivity index (χ1v) is 11.1. The zero-order valence-electron chi connectivity index (χ0n) is 16.2. The summed E-state index contributed by atoms with van der Waals surface area (Å²) in [5.74, 6) is 0.110. The number of piperidine rings is 1. The topological polar surface area (TPSA) is 53.5 Å². The van der Waals surface area contributed by atoms with Crippen LogP contribution in [-0.2, 0) is 4.79 Å². The molecular weight excluding hydrogens is 418 g/mol. The maximum Gasteiger partial charge on any atom is 0.263 e. The number of rotatable bonds is 3. The van der Waals surface area contributed by atoms with Gasteiger partial charge in [0.2, 0.25) is 5.91 Å². The zero-order valence-corrected chi connectivity index (χ0v) is 17.8. The predicted octanol–water partition coefficient (Wildman–Crippen LogP) is 4.81. The molecule has 1 spiro atoms. The fourth-order valence-electron chi connectivity index (χ4n) is 4.64. The number of hydrogen-bond donors (Lipinski definition) is 0. The Morgan fingerprint density at radius 1 is 1.03 bits per heavy atom. The molecular formula is C23H20ClN3O2S. The number of halogens is 1. The average molecular weight is 438 g/mol. The summed E-state index contributed by atoms with van der Waals surface area (Å²) >= 11 is 7.29. The molecule has 0 bridgehead atoms. The van der Waals surface area contributed by atoms with Gasteiger partial charge in [0.05, 0.1) is 26.4 Å². The molecule has 4 heterocycles. The lowest BCUT2D eigenvalue weighted by molar-refractivity contribution is -0.144. The normalized spacial score (nSPS) is 20.3. The van der Waals surface area contributed by atoms with E-state index >= 15 is 0 Å². The lowest BCUT2D eigenvalue weighted by Crippen LogP contribution is -2.67. The van der Waals surface area contributed by atoms with Gasteiger partial charge >= 0.3 is 0 Å². The lowest BCUT2D eigenvalue weighted by Gasteiger charge is -2.58. The van der Waals surface area contributed by atoms with Crippen LogP contribution in [0.25, 0.3) is 0 Å². The van der Waals surface area contributed by atoms with E-state index < -0.39 is 5.41 Å². The first-order chi connectivity index (χ1) is 14.6. The van der Waals surface area contributed by atoms with E-state index in [4.69, 9.17) is 11.6 Å². The van der Waals surface area contributed by atoms with Gasteiger partial charge in [0.25, 0.3) is 5.91 Å². The second-order valence-electron chi connectivity index (χ2n) is 7.72. The summed E-state index contributed by atoms with van der Waals surface area (Å²) < 4.78 is 0.606. The highest BCUT2D eigenvalue weighted by Gasteiger charge is 2.62. The molecule has 5 rings (SSSR count). The van der Waals surface area contributed by atoms with E-state index in [-0.39, 0.29) is 17.9 Å². The second kappa shape index (κ2) is 7.52. The summed E-state index contributed by atoms with van der Waals surface area (Å²) in [7, 11) is 0. The standard InChI is InChI=1S/C23H20ClN3O2S/c24-19-10-9-18(30-19)21(28)26-14-11-23(12-15-26)20(17-8-4-5-13-25-17)27(22(23)29)16-6-2-1-3-7-16/h1-10,13,20H,11-12,14-15H2. The number of carbonyl (C=O) groups is 2. The second-order valence-corrected chi connectivity index (χ2v) is 9.44. The molecule has 2 saturated heterocycles. The van der Waals surface area contributed by atoms with Crippen LogP contribution in [0.1, 0.15) is 34.2 Å². The van der Waals surface area contributed by atoms with E-state index in [2.05, 4.69) is 4.98 Å². The van der Waals surface area contributed by atoms with Crippen molar-refractivity contribution in [3.05, 3.63) is 81.8 Å². The Morgan fingerprint density at radius 3 is 2.40 bits per heavy atom. The number of thiophene rings is 1. The van der Waals surface area contributed by atoms with Gasteiger partial charge in [-0.05, 0) is 49.2 Å². The Labute approximate surface area is 183 Å². The van der Waals surface area contributed by atoms with Crippen molar-refractivity contribution >= 4 is 40.4 Å². The SMILES string of the molecule is O=C(c1ccc(Cl)s1)N1CCC2(CC1)C(=O)N(c1ccccc1)C2c1ccccn1. The Bertz CT molecular complexity index is 1080. The number of β-lactam (4-membered cyclic amide) rings is 1. The molecule has 0 saturated carbocycles. The van der Waals surface area contributed by atoms with E-state index in [0.717, 1.165) is 11.4 Å². The molecule has 2 aliphatic rings. The lowest BCUT2D eigenvalue weighted by atomic mass is 9.63. The minimum absolute atomic E-state index is 0.0113. The molecule has 2 aliphatic heterocycles. The van der Waals surface area contributed by atoms with Crippen LogP contribution in [0.3, 0.4) is 0 Å². The highest BCUT2D eigenvalue weighted by molar-refractivity contribution is 7.17. The van der Waals surface area contributed by atoms with E-state index in [1.165, 1.54) is 11.3 Å². The third-order valence-corrected chi connectivity index (χ3v) is 7.37. The molecule has 2 fully saturated rings. The van der Waals surface area contributed by atoms with E-state index in [1.807, 2.05) is 58.3 Å². The molecule has 0 N–H and O–H groups in total. The first-order valence-electron chi connectivity index (χ1n) is 9.94. The molecule has 0 aliphatic carbocycles. The Kier molecular flexibility index (Phi) is 4.83. The number of likely N-dealkylation sites (tertiary alicyclic amines) is 1. The number of hydrogen-bond acceptors (Lipinski definition) is 4. The molecule has 1 aromatic carbocycles. The van der Waals surface area contributed by atoms with Gasteiger partial charge in [0, 0.05) is 25.0 Å². The van der Waals surface area contributed by atoms with Crippen molar-refractivity contribution in [2.45, 2.75) is 18.9 Å². The molecule has 3 aromatic rings. The Balaban J connectivity index is 1.42. The number of pyridine rings is 1. The predicted molar refractivity (Wildman–Crippen MR) is 118 cm³/mol. The summed E-state index contributed by atoms with van der Waals surface area (Å²) in [6.07, 6.45) is 3.02. The van der Waals surface area contributed by atoms with Gasteiger partial charge in [-0.25, -0.2) is 0 Å². The average Bonchev–Trinajstić information content (AvgIpc) is 3.24. The van der Waals surface area contributed by atoms with Crippen molar-refractivity contribution < 1.29 is 9.59 Å². The van der Waals surface area contributed by atoms with Crippen LogP contribution in [0.4, 0.5) is 5.69 Å². The van der Waals surface area contributed by atoms with E-state index in [9.17, 15) is 9.59 Å². The molecule has 1 atom stereocenters. The first kappa shape index (κ1) is 19.3. The van der Waals surface area contributed by atoms with Crippen molar-refractivity contribution in [2.75, 3.05) is 18.0 Å². The summed E-state index contributed by atoms with van der Waals surface area (Å²) in [6, 6.07) is 19.0. The molecule has 5 nitrogen and oxygen atoms in total. The molecule has 0 radical (unpaired) electrons. The third kappa shape index (κ3) is 3.02. The number of amides is 2. The monoisotopic (exact) mass is 437 g/mol. The van der Waals surface area contributed by atoms with Crippen molar-refractivity contribution in [1.82, 2.24) is 9.88 Å². The number of benzene rings is 1. The fourth-order valence-corrected chi connectivity index (χ4v) is 5.66. The van der Waals surface area contributed by atoms with Crippen molar-refractivity contribution in [2.24, 2.45) is 5.41 Å². The fraction of sp³-hybridized carbons (Fsp3) is 0.261. The minimum atomic E-state index is -0.520. The molecule has 30 heavy (non-hydrogen) atoms. The summed E-state index contributed by atoms with van der Waals surface area (Å²) in [6.45, 7) is 1.10. The number of nitrogens with zero attached hydrogens (tertiary/aromatic N) is 3. The highest BCUT2D eigenvalue weighted by Crippen LogP contribution is 2.57. The van der Waals surface area contributed by atoms with Crippen LogP contribution >= 0.6 is 22.9 Å². The van der Waals surface area contributed by atoms with Gasteiger partial charge in [0.15, 0.2) is 0 Å². The smallest absolute Gasteiger partial charge is 0.263 e. The maximum absolute atomic E-state index is 13.5. The van der Waals surface area contributed by atoms with Gasteiger partial charge in [-0.15, -0.1) is 11.3 Å². The third-order valence-electron chi connectivity index (χ3n) is 6.16. The number of anilines is 1. The zero-order chi connectivity index (χ0) is 20.7. The summed E-state index contributed by atoms with van der Waals surface area (Å²) in [4.78, 5) is 35.2. The van der Waals surface area contributed by atoms with Crippen molar-refractivity contribution in [3.63, 3.8) is 0 Å². The van der Waals surface area contributed by atoms with Crippen LogP contribution in [-0.4, -0.2) is 34.8 Å². The molecule has 2 amide bonds. The van der Waals surface area contributed by atoms with Crippen molar-refractivity contribution in [3.8, 4) is 0 Å². The van der Waals surface area contributed by atoms with Gasteiger partial charge in [-0.2, -0.15) is 0 Å². The van der Waals surface area contributed by atoms with Crippen LogP contribution in [0.2, 0.25) is 4.34 Å². The van der Waals surface area contributed by atoms with Gasteiger partial charge in [-0.3, -0.25) is 14.6 Å². The van der Waals surface area contributed by atoms with Gasteiger partial charge in [-0.1, -0.05) is 35.9 Å². The molecule has 1 unspecified atom stereocenters. The summed E-state index contributed by atoms with van der Waals surface area (Å²) in [5, 5.41) is 0. The van der Waals surface area contributed by atoms with E-state index in [0.29, 0.717) is 35.1 Å². The molecule has 152 valence electrons. The minimum Gasteiger partial charge on any atom is -0.338 e. The van der Waals surface area contributed by atoms with Crippen LogP contribution in [0.15, 0.2) is 66.9 Å². The number of para-hydroxylation sites is 1. The van der Waals surface area contributed by atoms with Crippen LogP contribution in [0, 0.1) is 5.41 Å². The van der Waals surface area contributed by atoms with Crippen molar-refractivity contribution in [1.29, 1.82) is 0 Å². The Morgan fingerprint density at radius 2 is 1.77 bits per heavy atom. The Hall–Kier alpha value is -2.70. The largest absolute Gasteiger partial charge is 0.338 e.